The summed E-state index contributed by atoms with van der Waals surface area (Å²) in [7, 11) is 0. The van der Waals surface area contributed by atoms with Crippen molar-refractivity contribution in [2.75, 3.05) is 6.54 Å². The minimum Gasteiger partial charge on any atom is -0.389 e. The number of pyridine rings is 1. The van der Waals surface area contributed by atoms with Crippen LogP contribution in [0.15, 0.2) is 36.7 Å². The molecular weight excluding hydrogens is 224 g/mol. The molecule has 0 aliphatic heterocycles. The Hall–Kier alpha value is -1.45. The fourth-order valence-corrected chi connectivity index (χ4v) is 2.54. The Balaban J connectivity index is 1.70. The highest BCUT2D eigenvalue weighted by Gasteiger charge is 2.33. The van der Waals surface area contributed by atoms with Crippen LogP contribution >= 0.6 is 0 Å². The number of nitrogens with one attached hydrogen (secondary N) is 1. The van der Waals surface area contributed by atoms with Gasteiger partial charge >= 0.3 is 0 Å². The quantitative estimate of drug-likeness (QED) is 0.864. The third-order valence-electron chi connectivity index (χ3n) is 3.82. The second-order valence-corrected chi connectivity index (χ2v) is 5.20. The monoisotopic (exact) mass is 242 g/mol. The van der Waals surface area contributed by atoms with Crippen molar-refractivity contribution in [2.24, 2.45) is 0 Å². The Kier molecular flexibility index (Phi) is 3.02. The van der Waals surface area contributed by atoms with Crippen molar-refractivity contribution in [1.29, 1.82) is 0 Å². The van der Waals surface area contributed by atoms with Crippen LogP contribution in [0.5, 0.6) is 0 Å². The molecule has 3 rings (SSSR count). The highest BCUT2D eigenvalue weighted by Crippen LogP contribution is 2.30. The minimum absolute atomic E-state index is 0.452. The fraction of sp³-hybridized carbons (Fsp3) is 0.400. The highest BCUT2D eigenvalue weighted by molar-refractivity contribution is 5.84. The molecule has 1 heterocycles. The molecule has 0 amide bonds. The first-order valence-corrected chi connectivity index (χ1v) is 6.52. The lowest BCUT2D eigenvalue weighted by Gasteiger charge is -2.36. The number of hydrogen-bond acceptors (Lipinski definition) is 3. The summed E-state index contributed by atoms with van der Waals surface area (Å²) in [6, 6.07) is 8.30. The van der Waals surface area contributed by atoms with Gasteiger partial charge in [-0.15, -0.1) is 0 Å². The van der Waals surface area contributed by atoms with E-state index < -0.39 is 5.60 Å². The Bertz CT molecular complexity index is 544. The van der Waals surface area contributed by atoms with Gasteiger partial charge in [0.25, 0.3) is 0 Å². The van der Waals surface area contributed by atoms with E-state index in [1.165, 1.54) is 16.3 Å². The topological polar surface area (TPSA) is 45.1 Å². The van der Waals surface area contributed by atoms with Crippen LogP contribution in [0.2, 0.25) is 0 Å². The van der Waals surface area contributed by atoms with E-state index in [0.29, 0.717) is 6.54 Å². The summed E-state index contributed by atoms with van der Waals surface area (Å²) in [6.45, 7) is 1.48. The summed E-state index contributed by atoms with van der Waals surface area (Å²) in [6.07, 6.45) is 6.72. The summed E-state index contributed by atoms with van der Waals surface area (Å²) in [5, 5.41) is 15.8. The first-order chi connectivity index (χ1) is 8.77. The molecule has 1 fully saturated rings. The van der Waals surface area contributed by atoms with Crippen molar-refractivity contribution in [3.63, 3.8) is 0 Å². The highest BCUT2D eigenvalue weighted by atomic mass is 16.3. The molecule has 94 valence electrons. The first-order valence-electron chi connectivity index (χ1n) is 6.52. The zero-order chi connectivity index (χ0) is 12.4. The average molecular weight is 242 g/mol. The first kappa shape index (κ1) is 11.6. The molecule has 2 N–H and O–H groups in total. The van der Waals surface area contributed by atoms with Crippen LogP contribution in [-0.4, -0.2) is 22.2 Å². The molecule has 1 saturated carbocycles. The van der Waals surface area contributed by atoms with Gasteiger partial charge in [0.2, 0.25) is 0 Å². The number of rotatable bonds is 4. The van der Waals surface area contributed by atoms with Gasteiger partial charge in [-0.05, 0) is 36.3 Å². The van der Waals surface area contributed by atoms with Crippen molar-refractivity contribution in [3.8, 4) is 0 Å². The Morgan fingerprint density at radius 1 is 1.28 bits per heavy atom. The molecule has 1 aromatic carbocycles. The number of fused-ring (bicyclic) bond motifs is 1. The van der Waals surface area contributed by atoms with Gasteiger partial charge in [-0.3, -0.25) is 4.98 Å². The SMILES string of the molecule is OC1(CNCc2cccc3cnccc23)CCC1. The molecule has 1 aliphatic carbocycles. The zero-order valence-electron chi connectivity index (χ0n) is 10.4. The summed E-state index contributed by atoms with van der Waals surface area (Å²) in [4.78, 5) is 4.14. The van der Waals surface area contributed by atoms with E-state index in [1.54, 1.807) is 0 Å². The lowest BCUT2D eigenvalue weighted by molar-refractivity contribution is -0.0314. The van der Waals surface area contributed by atoms with Gasteiger partial charge in [-0.25, -0.2) is 0 Å². The maximum Gasteiger partial charge on any atom is 0.0771 e. The summed E-state index contributed by atoms with van der Waals surface area (Å²) < 4.78 is 0. The Labute approximate surface area is 107 Å². The van der Waals surface area contributed by atoms with Crippen LogP contribution in [0.25, 0.3) is 10.8 Å². The van der Waals surface area contributed by atoms with E-state index in [2.05, 4.69) is 28.5 Å². The average Bonchev–Trinajstić information content (AvgIpc) is 2.37. The Morgan fingerprint density at radius 2 is 2.17 bits per heavy atom. The van der Waals surface area contributed by atoms with E-state index in [4.69, 9.17) is 0 Å². The maximum absolute atomic E-state index is 10.0. The standard InChI is InChI=1S/C15H18N2O/c18-15(6-2-7-15)11-17-10-13-4-1-3-12-9-16-8-5-14(12)13/h1,3-5,8-9,17-18H,2,6-7,10-11H2. The predicted octanol–water partition coefficient (Wildman–Crippen LogP) is 2.24. The maximum atomic E-state index is 10.0. The van der Waals surface area contributed by atoms with Crippen LogP contribution in [0.3, 0.4) is 0 Å². The lowest BCUT2D eigenvalue weighted by Crippen LogP contribution is -2.45. The summed E-state index contributed by atoms with van der Waals surface area (Å²) >= 11 is 0. The molecule has 0 unspecified atom stereocenters. The molecule has 0 radical (unpaired) electrons. The van der Waals surface area contributed by atoms with Gasteiger partial charge in [0.1, 0.15) is 0 Å². The zero-order valence-corrected chi connectivity index (χ0v) is 10.4. The second-order valence-electron chi connectivity index (χ2n) is 5.20. The van der Waals surface area contributed by atoms with E-state index in [-0.39, 0.29) is 0 Å². The van der Waals surface area contributed by atoms with E-state index in [1.807, 2.05) is 18.5 Å². The predicted molar refractivity (Wildman–Crippen MR) is 72.3 cm³/mol. The molecule has 3 heteroatoms. The van der Waals surface area contributed by atoms with Gasteiger partial charge < -0.3 is 10.4 Å². The van der Waals surface area contributed by atoms with Crippen LogP contribution in [-0.2, 0) is 6.54 Å². The molecule has 3 nitrogen and oxygen atoms in total. The molecule has 0 atom stereocenters. The van der Waals surface area contributed by atoms with Crippen molar-refractivity contribution in [1.82, 2.24) is 10.3 Å². The number of hydrogen-bond donors (Lipinski definition) is 2. The molecule has 18 heavy (non-hydrogen) atoms. The Morgan fingerprint density at radius 3 is 2.94 bits per heavy atom. The molecule has 0 spiro atoms. The van der Waals surface area contributed by atoms with Crippen molar-refractivity contribution >= 4 is 10.8 Å². The van der Waals surface area contributed by atoms with Crippen LogP contribution in [0, 0.1) is 0 Å². The van der Waals surface area contributed by atoms with Crippen molar-refractivity contribution in [2.45, 2.75) is 31.4 Å². The largest absolute Gasteiger partial charge is 0.389 e. The molecule has 1 aliphatic rings. The van der Waals surface area contributed by atoms with Crippen molar-refractivity contribution in [3.05, 3.63) is 42.2 Å². The summed E-state index contributed by atoms with van der Waals surface area (Å²) in [5.74, 6) is 0. The van der Waals surface area contributed by atoms with Gasteiger partial charge in [-0.1, -0.05) is 18.2 Å². The van der Waals surface area contributed by atoms with Gasteiger partial charge in [0, 0.05) is 30.9 Å². The number of benzene rings is 1. The van der Waals surface area contributed by atoms with Crippen molar-refractivity contribution < 1.29 is 5.11 Å². The second kappa shape index (κ2) is 4.67. The van der Waals surface area contributed by atoms with Gasteiger partial charge in [0.15, 0.2) is 0 Å². The molecule has 0 bridgehead atoms. The van der Waals surface area contributed by atoms with E-state index in [0.717, 1.165) is 25.8 Å². The molecule has 0 saturated heterocycles. The molecular formula is C15H18N2O. The van der Waals surface area contributed by atoms with Crippen LogP contribution in [0.4, 0.5) is 0 Å². The lowest BCUT2D eigenvalue weighted by atomic mass is 9.80. The van der Waals surface area contributed by atoms with Gasteiger partial charge in [0.05, 0.1) is 5.60 Å². The third-order valence-corrected chi connectivity index (χ3v) is 3.82. The fourth-order valence-electron chi connectivity index (χ4n) is 2.54. The van der Waals surface area contributed by atoms with Crippen LogP contribution in [0.1, 0.15) is 24.8 Å². The van der Waals surface area contributed by atoms with Crippen LogP contribution < -0.4 is 5.32 Å². The van der Waals surface area contributed by atoms with E-state index >= 15 is 0 Å². The number of aliphatic hydroxyl groups is 1. The molecule has 1 aromatic heterocycles. The van der Waals surface area contributed by atoms with Gasteiger partial charge in [-0.2, -0.15) is 0 Å². The normalized spacial score (nSPS) is 17.6. The summed E-state index contributed by atoms with van der Waals surface area (Å²) in [5.41, 5.74) is 0.810. The smallest absolute Gasteiger partial charge is 0.0771 e. The number of nitrogens with zero attached hydrogens (tertiary/aromatic N) is 1. The minimum atomic E-state index is -0.452. The third kappa shape index (κ3) is 2.24. The number of aromatic nitrogens is 1. The van der Waals surface area contributed by atoms with E-state index in [9.17, 15) is 5.11 Å². The molecule has 2 aromatic rings.